The maximum Gasteiger partial charge on any atom is 0.153 e. The van der Waals surface area contributed by atoms with Gasteiger partial charge in [0.05, 0.1) is 5.69 Å². The molecule has 2 rings (SSSR count). The fourth-order valence-corrected chi connectivity index (χ4v) is 1.31. The molecule has 2 heterocycles. The molecule has 0 unspecified atom stereocenters. The summed E-state index contributed by atoms with van der Waals surface area (Å²) >= 11 is 0. The highest BCUT2D eigenvalue weighted by Crippen LogP contribution is 2.24. The van der Waals surface area contributed by atoms with Crippen LogP contribution in [-0.2, 0) is 5.41 Å². The van der Waals surface area contributed by atoms with Gasteiger partial charge in [-0.25, -0.2) is 0 Å². The van der Waals surface area contributed by atoms with E-state index in [2.05, 4.69) is 36.1 Å². The molecule has 0 spiro atoms. The van der Waals surface area contributed by atoms with Crippen molar-refractivity contribution < 1.29 is 4.52 Å². The third-order valence-corrected chi connectivity index (χ3v) is 2.25. The van der Waals surface area contributed by atoms with E-state index in [0.717, 1.165) is 5.69 Å². The van der Waals surface area contributed by atoms with Crippen molar-refractivity contribution in [3.05, 3.63) is 30.2 Å². The predicted octanol–water partition coefficient (Wildman–Crippen LogP) is 2.43. The van der Waals surface area contributed by atoms with Crippen LogP contribution in [0.3, 0.4) is 0 Å². The molecule has 0 saturated heterocycles. The van der Waals surface area contributed by atoms with Crippen LogP contribution in [0, 0.1) is 0 Å². The minimum Gasteiger partial charge on any atom is -0.345 e. The summed E-state index contributed by atoms with van der Waals surface area (Å²) in [5, 5.41) is 7.26. The van der Waals surface area contributed by atoms with Crippen LogP contribution in [0.2, 0.25) is 0 Å². The molecule has 0 atom stereocenters. The van der Waals surface area contributed by atoms with Gasteiger partial charge in [-0.15, -0.1) is 5.10 Å². The zero-order valence-corrected chi connectivity index (χ0v) is 9.06. The summed E-state index contributed by atoms with van der Waals surface area (Å²) in [6, 6.07) is 4.02. The Morgan fingerprint density at radius 2 is 2.00 bits per heavy atom. The molecule has 0 bridgehead atoms. The number of nitrogens with zero attached hydrogens (tertiary/aromatic N) is 3. The van der Waals surface area contributed by atoms with Crippen LogP contribution in [0.15, 0.2) is 29.1 Å². The molecule has 0 saturated carbocycles. The molecule has 15 heavy (non-hydrogen) atoms. The van der Waals surface area contributed by atoms with Crippen LogP contribution in [0.5, 0.6) is 0 Å². The minimum atomic E-state index is 0.106. The van der Waals surface area contributed by atoms with Gasteiger partial charge in [0.2, 0.25) is 0 Å². The first-order valence-electron chi connectivity index (χ1n) is 4.81. The van der Waals surface area contributed by atoms with Gasteiger partial charge in [0, 0.05) is 11.5 Å². The second-order valence-electron chi connectivity index (χ2n) is 4.47. The Labute approximate surface area is 88.3 Å². The lowest BCUT2D eigenvalue weighted by molar-refractivity contribution is 0.393. The van der Waals surface area contributed by atoms with Crippen LogP contribution in [0.25, 0.3) is 11.4 Å². The van der Waals surface area contributed by atoms with Gasteiger partial charge in [0.25, 0.3) is 0 Å². The summed E-state index contributed by atoms with van der Waals surface area (Å²) in [6.07, 6.45) is 3.28. The molecule has 0 aliphatic carbocycles. The molecule has 78 valence electrons. The highest BCUT2D eigenvalue weighted by atomic mass is 16.5. The molecule has 0 fully saturated rings. The van der Waals surface area contributed by atoms with Crippen molar-refractivity contribution >= 4 is 0 Å². The first kappa shape index (κ1) is 9.83. The van der Waals surface area contributed by atoms with E-state index in [9.17, 15) is 0 Å². The van der Waals surface area contributed by atoms with Crippen LogP contribution in [-0.4, -0.2) is 15.4 Å². The van der Waals surface area contributed by atoms with Gasteiger partial charge in [-0.3, -0.25) is 4.98 Å². The fraction of sp³-hybridized carbons (Fsp3) is 0.364. The van der Waals surface area contributed by atoms with Crippen molar-refractivity contribution in [2.75, 3.05) is 0 Å². The van der Waals surface area contributed by atoms with E-state index in [-0.39, 0.29) is 5.41 Å². The fourth-order valence-electron chi connectivity index (χ4n) is 1.31. The molecule has 0 aliphatic rings. The van der Waals surface area contributed by atoms with E-state index in [1.54, 1.807) is 6.20 Å². The van der Waals surface area contributed by atoms with Gasteiger partial charge < -0.3 is 4.52 Å². The third kappa shape index (κ3) is 2.03. The monoisotopic (exact) mass is 203 g/mol. The summed E-state index contributed by atoms with van der Waals surface area (Å²) in [5.74, 6) is 0. The van der Waals surface area contributed by atoms with Crippen molar-refractivity contribution in [3.8, 4) is 11.4 Å². The maximum absolute atomic E-state index is 4.69. The molecule has 2 aromatic rings. The summed E-state index contributed by atoms with van der Waals surface area (Å²) in [4.78, 5) is 4.23. The molecule has 4 heteroatoms. The topological polar surface area (TPSA) is 51.8 Å². The van der Waals surface area contributed by atoms with Crippen LogP contribution in [0.4, 0.5) is 0 Å². The largest absolute Gasteiger partial charge is 0.345 e. The molecule has 2 aromatic heterocycles. The Hall–Kier alpha value is -1.71. The van der Waals surface area contributed by atoms with Crippen molar-refractivity contribution in [1.82, 2.24) is 15.4 Å². The number of rotatable bonds is 1. The molecule has 0 aromatic carbocycles. The lowest BCUT2D eigenvalue weighted by atomic mass is 9.87. The van der Waals surface area contributed by atoms with E-state index in [1.807, 2.05) is 12.1 Å². The number of hydrogen-bond donors (Lipinski definition) is 0. The second kappa shape index (κ2) is 3.46. The molecule has 0 N–H and O–H groups in total. The van der Waals surface area contributed by atoms with E-state index in [0.29, 0.717) is 5.69 Å². The lowest BCUT2D eigenvalue weighted by Gasteiger charge is -2.18. The van der Waals surface area contributed by atoms with Crippen molar-refractivity contribution in [1.29, 1.82) is 0 Å². The molecule has 4 nitrogen and oxygen atoms in total. The Balaban J connectivity index is 2.44. The summed E-state index contributed by atoms with van der Waals surface area (Å²) in [5.41, 5.74) is 2.79. The van der Waals surface area contributed by atoms with E-state index < -0.39 is 0 Å². The van der Waals surface area contributed by atoms with Crippen LogP contribution >= 0.6 is 0 Å². The van der Waals surface area contributed by atoms with Gasteiger partial charge >= 0.3 is 0 Å². The van der Waals surface area contributed by atoms with Gasteiger partial charge in [-0.2, -0.15) is 0 Å². The zero-order chi connectivity index (χ0) is 10.9. The summed E-state index contributed by atoms with van der Waals surface area (Å²) in [6.45, 7) is 6.48. The van der Waals surface area contributed by atoms with Gasteiger partial charge in [0.1, 0.15) is 0 Å². The molecule has 0 aliphatic heterocycles. The Bertz CT molecular complexity index is 443. The van der Waals surface area contributed by atoms with Crippen molar-refractivity contribution in [3.63, 3.8) is 0 Å². The van der Waals surface area contributed by atoms with E-state index >= 15 is 0 Å². The first-order valence-corrected chi connectivity index (χ1v) is 4.81. The summed E-state index contributed by atoms with van der Waals surface area (Å²) in [7, 11) is 0. The maximum atomic E-state index is 4.69. The average Bonchev–Trinajstić information content (AvgIpc) is 2.69. The number of aromatic nitrogens is 3. The lowest BCUT2D eigenvalue weighted by Crippen LogP contribution is -2.11. The first-order chi connectivity index (χ1) is 7.07. The number of hydrogen-bond acceptors (Lipinski definition) is 4. The van der Waals surface area contributed by atoms with Crippen molar-refractivity contribution in [2.45, 2.75) is 26.2 Å². The standard InChI is InChI=1S/C11H13N3O/c1-11(2,3)8-4-5-12-9(6-8)10-7-15-14-13-10/h4-7H,1-3H3. The van der Waals surface area contributed by atoms with Crippen molar-refractivity contribution in [2.24, 2.45) is 0 Å². The molecule has 0 radical (unpaired) electrons. The Morgan fingerprint density at radius 3 is 2.60 bits per heavy atom. The average molecular weight is 203 g/mol. The third-order valence-electron chi connectivity index (χ3n) is 2.25. The minimum absolute atomic E-state index is 0.106. The highest BCUT2D eigenvalue weighted by Gasteiger charge is 2.15. The summed E-state index contributed by atoms with van der Waals surface area (Å²) < 4.78 is 4.69. The Kier molecular flexibility index (Phi) is 2.26. The number of pyridine rings is 1. The normalized spacial score (nSPS) is 11.7. The zero-order valence-electron chi connectivity index (χ0n) is 9.06. The predicted molar refractivity (Wildman–Crippen MR) is 56.2 cm³/mol. The van der Waals surface area contributed by atoms with Gasteiger partial charge in [-0.05, 0) is 23.1 Å². The second-order valence-corrected chi connectivity index (χ2v) is 4.47. The SMILES string of the molecule is CC(C)(C)c1ccnc(-c2conn2)c1. The molecular weight excluding hydrogens is 190 g/mol. The quantitative estimate of drug-likeness (QED) is 0.714. The van der Waals surface area contributed by atoms with E-state index in [1.165, 1.54) is 11.8 Å². The molecule has 0 amide bonds. The van der Waals surface area contributed by atoms with Gasteiger partial charge in [0.15, 0.2) is 12.0 Å². The highest BCUT2D eigenvalue weighted by molar-refractivity contribution is 5.53. The Morgan fingerprint density at radius 1 is 1.20 bits per heavy atom. The smallest absolute Gasteiger partial charge is 0.153 e. The van der Waals surface area contributed by atoms with E-state index in [4.69, 9.17) is 4.52 Å². The van der Waals surface area contributed by atoms with Gasteiger partial charge in [-0.1, -0.05) is 20.8 Å². The van der Waals surface area contributed by atoms with Crippen LogP contribution < -0.4 is 0 Å². The molecular formula is C11H13N3O. The van der Waals surface area contributed by atoms with Crippen LogP contribution in [0.1, 0.15) is 26.3 Å².